The van der Waals surface area contributed by atoms with Gasteiger partial charge in [-0.15, -0.1) is 0 Å². The molecule has 0 atom stereocenters. The lowest BCUT2D eigenvalue weighted by atomic mass is 10.0. The molecule has 0 bridgehead atoms. The van der Waals surface area contributed by atoms with Crippen molar-refractivity contribution in [1.29, 1.82) is 5.41 Å². The second-order valence-corrected chi connectivity index (χ2v) is 5.50. The Morgan fingerprint density at radius 2 is 1.78 bits per heavy atom. The maximum atomic E-state index is 12.8. The van der Waals surface area contributed by atoms with E-state index in [4.69, 9.17) is 34.3 Å². The number of para-hydroxylation sites is 1. The van der Waals surface area contributed by atoms with E-state index in [0.717, 1.165) is 6.07 Å². The van der Waals surface area contributed by atoms with Crippen LogP contribution in [-0.2, 0) is 6.18 Å². The number of nitrogens with one attached hydrogen (secondary N) is 1. The monoisotopic (exact) mass is 358 g/mol. The van der Waals surface area contributed by atoms with E-state index in [9.17, 15) is 13.2 Å². The average molecular weight is 359 g/mol. The van der Waals surface area contributed by atoms with E-state index in [1.165, 1.54) is 18.2 Å². The summed E-state index contributed by atoms with van der Waals surface area (Å²) in [6.07, 6.45) is -1.66. The number of nitrogen functional groups attached to an aromatic ring is 1. The van der Waals surface area contributed by atoms with E-state index in [2.05, 4.69) is 0 Å². The summed E-state index contributed by atoms with van der Waals surface area (Å²) >= 11 is 11.7. The van der Waals surface area contributed by atoms with Gasteiger partial charge in [0.2, 0.25) is 0 Å². The van der Waals surface area contributed by atoms with Crippen molar-refractivity contribution in [3.63, 3.8) is 0 Å². The number of rotatable bonds is 3. The third-order valence-electron chi connectivity index (χ3n) is 3.09. The lowest BCUT2D eigenvalue weighted by Crippen LogP contribution is -2.12. The van der Waals surface area contributed by atoms with Gasteiger partial charge in [-0.2, -0.15) is 13.2 Å². The summed E-state index contributed by atoms with van der Waals surface area (Å²) in [5, 5.41) is 8.66. The zero-order chi connectivity index (χ0) is 17.2. The highest BCUT2D eigenvalue weighted by Gasteiger charge is 2.33. The Morgan fingerprint density at radius 3 is 2.39 bits per heavy atom. The van der Waals surface area contributed by atoms with Gasteiger partial charge in [-0.25, -0.2) is 0 Å². The van der Waals surface area contributed by atoms with E-state index in [1.54, 1.807) is 24.3 Å². The van der Waals surface area contributed by atoms with Gasteiger partial charge in [0.25, 0.3) is 0 Å². The molecule has 7 heteroatoms. The van der Waals surface area contributed by atoms with Crippen LogP contribution in [0, 0.1) is 5.41 Å². The van der Waals surface area contributed by atoms with Crippen molar-refractivity contribution in [2.24, 2.45) is 0 Å². The highest BCUT2D eigenvalue weighted by molar-refractivity contribution is 6.42. The smallest absolute Gasteiger partial charge is 0.398 e. The molecule has 0 unspecified atom stereocenters. The van der Waals surface area contributed by atoms with Crippen molar-refractivity contribution in [1.82, 2.24) is 0 Å². The predicted molar refractivity (Wildman–Crippen MR) is 88.2 cm³/mol. The van der Waals surface area contributed by atoms with E-state index < -0.39 is 17.4 Å². The Morgan fingerprint density at radius 1 is 1.09 bits per heavy atom. The van der Waals surface area contributed by atoms with E-state index in [0.29, 0.717) is 15.6 Å². The highest BCUT2D eigenvalue weighted by Crippen LogP contribution is 2.35. The summed E-state index contributed by atoms with van der Waals surface area (Å²) in [5.74, 6) is 0. The largest absolute Gasteiger partial charge is 0.418 e. The molecule has 0 saturated carbocycles. The normalized spacial score (nSPS) is 11.9. The molecule has 0 spiro atoms. The SMILES string of the molecule is N=C(/C=C/c1ccc(Cl)c(Cl)c1)c1cccc(C(F)(F)F)c1N. The fourth-order valence-corrected chi connectivity index (χ4v) is 2.24. The van der Waals surface area contributed by atoms with Crippen LogP contribution >= 0.6 is 23.2 Å². The van der Waals surface area contributed by atoms with E-state index >= 15 is 0 Å². The minimum Gasteiger partial charge on any atom is -0.398 e. The minimum absolute atomic E-state index is 0.0103. The third kappa shape index (κ3) is 4.06. The Hall–Kier alpha value is -1.98. The lowest BCUT2D eigenvalue weighted by Gasteiger charge is -2.12. The molecule has 0 fully saturated rings. The Labute approximate surface area is 140 Å². The Kier molecular flexibility index (Phi) is 5.02. The van der Waals surface area contributed by atoms with Crippen LogP contribution in [-0.4, -0.2) is 5.71 Å². The minimum atomic E-state index is -4.56. The van der Waals surface area contributed by atoms with Crippen LogP contribution in [0.15, 0.2) is 42.5 Å². The number of halogens is 5. The molecular weight excluding hydrogens is 348 g/mol. The Bertz CT molecular complexity index is 783. The molecule has 2 nitrogen and oxygen atoms in total. The molecule has 0 amide bonds. The van der Waals surface area contributed by atoms with Crippen molar-refractivity contribution in [3.05, 3.63) is 69.2 Å². The van der Waals surface area contributed by atoms with E-state index in [-0.39, 0.29) is 11.3 Å². The van der Waals surface area contributed by atoms with Crippen LogP contribution in [0.3, 0.4) is 0 Å². The first-order valence-electron chi connectivity index (χ1n) is 6.38. The summed E-state index contributed by atoms with van der Waals surface area (Å²) < 4.78 is 38.5. The second kappa shape index (κ2) is 6.64. The Balaban J connectivity index is 2.31. The van der Waals surface area contributed by atoms with Gasteiger partial charge in [-0.05, 0) is 29.8 Å². The predicted octanol–water partition coefficient (Wildman–Crippen LogP) is 5.68. The first kappa shape index (κ1) is 17.4. The number of benzene rings is 2. The van der Waals surface area contributed by atoms with Crippen molar-refractivity contribution in [3.8, 4) is 0 Å². The average Bonchev–Trinajstić information content (AvgIpc) is 2.47. The topological polar surface area (TPSA) is 49.9 Å². The molecule has 2 rings (SSSR count). The van der Waals surface area contributed by atoms with Gasteiger partial charge in [0, 0.05) is 5.56 Å². The first-order valence-corrected chi connectivity index (χ1v) is 7.13. The zero-order valence-corrected chi connectivity index (χ0v) is 13.1. The van der Waals surface area contributed by atoms with Gasteiger partial charge in [0.05, 0.1) is 27.0 Å². The van der Waals surface area contributed by atoms with Crippen molar-refractivity contribution in [2.45, 2.75) is 6.18 Å². The molecule has 0 aliphatic rings. The summed E-state index contributed by atoms with van der Waals surface area (Å²) in [6, 6.07) is 8.32. The molecule has 0 aromatic heterocycles. The molecular formula is C16H11Cl2F3N2. The lowest BCUT2D eigenvalue weighted by molar-refractivity contribution is -0.136. The molecule has 0 heterocycles. The maximum absolute atomic E-state index is 12.8. The van der Waals surface area contributed by atoms with Crippen LogP contribution < -0.4 is 5.73 Å². The van der Waals surface area contributed by atoms with Crippen molar-refractivity contribution in [2.75, 3.05) is 5.73 Å². The van der Waals surface area contributed by atoms with Crippen LogP contribution in [0.2, 0.25) is 10.0 Å². The van der Waals surface area contributed by atoms with Gasteiger partial charge in [0.15, 0.2) is 0 Å². The molecule has 0 radical (unpaired) electrons. The zero-order valence-electron chi connectivity index (χ0n) is 11.6. The number of anilines is 1. The maximum Gasteiger partial charge on any atom is 0.418 e. The van der Waals surface area contributed by atoms with Gasteiger partial charge < -0.3 is 11.1 Å². The van der Waals surface area contributed by atoms with Crippen LogP contribution in [0.25, 0.3) is 6.08 Å². The summed E-state index contributed by atoms with van der Waals surface area (Å²) in [4.78, 5) is 0. The highest BCUT2D eigenvalue weighted by atomic mass is 35.5. The number of hydrogen-bond acceptors (Lipinski definition) is 2. The van der Waals surface area contributed by atoms with Crippen molar-refractivity contribution >= 4 is 40.7 Å². The van der Waals surface area contributed by atoms with Gasteiger partial charge >= 0.3 is 6.18 Å². The molecule has 2 aromatic carbocycles. The number of hydrogen-bond donors (Lipinski definition) is 2. The molecule has 0 saturated heterocycles. The van der Waals surface area contributed by atoms with Crippen molar-refractivity contribution < 1.29 is 13.2 Å². The van der Waals surface area contributed by atoms with Gasteiger partial charge in [0.1, 0.15) is 0 Å². The molecule has 0 aliphatic carbocycles. The summed E-state index contributed by atoms with van der Waals surface area (Å²) in [7, 11) is 0. The summed E-state index contributed by atoms with van der Waals surface area (Å²) in [6.45, 7) is 0. The molecule has 0 aliphatic heterocycles. The van der Waals surface area contributed by atoms with Gasteiger partial charge in [-0.1, -0.05) is 47.5 Å². The molecule has 3 N–H and O–H groups in total. The molecule has 2 aromatic rings. The summed E-state index contributed by atoms with van der Waals surface area (Å²) in [5.41, 5.74) is 4.66. The van der Waals surface area contributed by atoms with Crippen LogP contribution in [0.5, 0.6) is 0 Å². The first-order chi connectivity index (χ1) is 10.7. The number of alkyl halides is 3. The number of nitrogens with two attached hydrogens (primary N) is 1. The third-order valence-corrected chi connectivity index (χ3v) is 3.83. The standard InChI is InChI=1S/C16H11Cl2F3N2/c17-12-6-4-9(8-13(12)18)5-7-14(22)10-2-1-3-11(15(10)23)16(19,20)21/h1-8,22H,23H2/b7-5+,22-14?. The quantitative estimate of drug-likeness (QED) is 0.538. The fraction of sp³-hybridized carbons (Fsp3) is 0.0625. The van der Waals surface area contributed by atoms with Crippen LogP contribution in [0.1, 0.15) is 16.7 Å². The number of allylic oxidation sites excluding steroid dienone is 1. The molecule has 23 heavy (non-hydrogen) atoms. The fourth-order valence-electron chi connectivity index (χ4n) is 1.93. The second-order valence-electron chi connectivity index (χ2n) is 4.69. The van der Waals surface area contributed by atoms with E-state index in [1.807, 2.05) is 0 Å². The molecule has 120 valence electrons. The van der Waals surface area contributed by atoms with Gasteiger partial charge in [-0.3, -0.25) is 0 Å². The van der Waals surface area contributed by atoms with Crippen LogP contribution in [0.4, 0.5) is 18.9 Å².